The molecule has 0 aromatic heterocycles. The average Bonchev–Trinajstić information content (AvgIpc) is 3.21. The van der Waals surface area contributed by atoms with Crippen LogP contribution < -0.4 is 10.2 Å². The molecule has 3 heteroatoms. The van der Waals surface area contributed by atoms with E-state index in [0.717, 1.165) is 37.6 Å². The van der Waals surface area contributed by atoms with E-state index in [1.807, 2.05) is 12.1 Å². The Morgan fingerprint density at radius 1 is 0.871 bits per heavy atom. The van der Waals surface area contributed by atoms with Crippen LogP contribution in [0.4, 0.5) is 5.69 Å². The highest BCUT2D eigenvalue weighted by Crippen LogP contribution is 2.28. The second-order valence-electron chi connectivity index (χ2n) is 9.12. The highest BCUT2D eigenvalue weighted by molar-refractivity contribution is 6.30. The predicted molar refractivity (Wildman–Crippen MR) is 133 cm³/mol. The van der Waals surface area contributed by atoms with Crippen LogP contribution >= 0.6 is 11.6 Å². The van der Waals surface area contributed by atoms with Gasteiger partial charge in [-0.3, -0.25) is 0 Å². The molecule has 0 spiro atoms. The van der Waals surface area contributed by atoms with Crippen molar-refractivity contribution in [1.82, 2.24) is 5.32 Å². The highest BCUT2D eigenvalue weighted by Gasteiger charge is 2.29. The average molecular weight is 433 g/mol. The van der Waals surface area contributed by atoms with Gasteiger partial charge in [0.15, 0.2) is 0 Å². The van der Waals surface area contributed by atoms with Crippen LogP contribution in [0.1, 0.15) is 36.5 Å². The summed E-state index contributed by atoms with van der Waals surface area (Å²) in [5, 5.41) is 4.45. The molecule has 1 heterocycles. The molecule has 0 saturated carbocycles. The topological polar surface area (TPSA) is 15.3 Å². The van der Waals surface area contributed by atoms with Crippen molar-refractivity contribution in [3.05, 3.63) is 101 Å². The fourth-order valence-corrected chi connectivity index (χ4v) is 4.75. The normalized spacial score (nSPS) is 18.5. The third kappa shape index (κ3) is 5.90. The molecule has 1 fully saturated rings. The van der Waals surface area contributed by atoms with Gasteiger partial charge in [0.25, 0.3) is 0 Å². The number of rotatable bonds is 8. The zero-order valence-corrected chi connectivity index (χ0v) is 19.4. The van der Waals surface area contributed by atoms with Gasteiger partial charge in [0.05, 0.1) is 0 Å². The maximum atomic E-state index is 6.17. The lowest BCUT2D eigenvalue weighted by atomic mass is 9.88. The molecular weight excluding hydrogens is 400 g/mol. The number of hydrogen-bond donors (Lipinski definition) is 1. The van der Waals surface area contributed by atoms with Gasteiger partial charge >= 0.3 is 0 Å². The molecule has 2 atom stereocenters. The Kier molecular flexibility index (Phi) is 7.32. The van der Waals surface area contributed by atoms with Crippen molar-refractivity contribution < 1.29 is 0 Å². The van der Waals surface area contributed by atoms with Crippen LogP contribution in [-0.2, 0) is 13.0 Å². The molecule has 0 amide bonds. The molecule has 3 aromatic rings. The lowest BCUT2D eigenvalue weighted by Gasteiger charge is -2.30. The molecule has 162 valence electrons. The van der Waals surface area contributed by atoms with Crippen LogP contribution in [0.2, 0.25) is 5.02 Å². The van der Waals surface area contributed by atoms with Crippen LogP contribution in [-0.4, -0.2) is 19.6 Å². The van der Waals surface area contributed by atoms with E-state index in [1.54, 1.807) is 0 Å². The van der Waals surface area contributed by atoms with Gasteiger partial charge in [-0.1, -0.05) is 80.0 Å². The lowest BCUT2D eigenvalue weighted by Crippen LogP contribution is -2.33. The predicted octanol–water partition coefficient (Wildman–Crippen LogP) is 6.55. The molecule has 31 heavy (non-hydrogen) atoms. The van der Waals surface area contributed by atoms with E-state index in [0.29, 0.717) is 17.8 Å². The Balaban J connectivity index is 1.51. The maximum Gasteiger partial charge on any atom is 0.0429 e. The fraction of sp³-hybridized carbons (Fsp3) is 0.357. The van der Waals surface area contributed by atoms with Gasteiger partial charge in [0.2, 0.25) is 0 Å². The third-order valence-electron chi connectivity index (χ3n) is 6.46. The largest absolute Gasteiger partial charge is 0.367 e. The summed E-state index contributed by atoms with van der Waals surface area (Å²) < 4.78 is 0. The summed E-state index contributed by atoms with van der Waals surface area (Å²) in [6, 6.07) is 28.2. The van der Waals surface area contributed by atoms with E-state index in [2.05, 4.69) is 90.8 Å². The zero-order valence-electron chi connectivity index (χ0n) is 18.6. The first-order valence-corrected chi connectivity index (χ1v) is 11.8. The number of halogens is 1. The number of hydrogen-bond acceptors (Lipinski definition) is 2. The zero-order chi connectivity index (χ0) is 21.6. The third-order valence-corrected chi connectivity index (χ3v) is 6.71. The van der Waals surface area contributed by atoms with Gasteiger partial charge in [-0.2, -0.15) is 0 Å². The number of benzene rings is 3. The van der Waals surface area contributed by atoms with Gasteiger partial charge < -0.3 is 10.2 Å². The molecule has 0 bridgehead atoms. The molecule has 1 aliphatic heterocycles. The van der Waals surface area contributed by atoms with Crippen molar-refractivity contribution >= 4 is 17.3 Å². The molecule has 2 nitrogen and oxygen atoms in total. The fourth-order valence-electron chi connectivity index (χ4n) is 4.62. The smallest absolute Gasteiger partial charge is 0.0429 e. The Morgan fingerprint density at radius 3 is 2.32 bits per heavy atom. The lowest BCUT2D eigenvalue weighted by molar-refractivity contribution is 0.413. The van der Waals surface area contributed by atoms with E-state index >= 15 is 0 Å². The quantitative estimate of drug-likeness (QED) is 0.434. The molecule has 0 unspecified atom stereocenters. The highest BCUT2D eigenvalue weighted by atomic mass is 35.5. The number of nitrogens with zero attached hydrogens (tertiary/aromatic N) is 1. The first-order chi connectivity index (χ1) is 15.1. The van der Waals surface area contributed by atoms with Crippen molar-refractivity contribution in [3.63, 3.8) is 0 Å². The first kappa shape index (κ1) is 21.9. The van der Waals surface area contributed by atoms with Gasteiger partial charge in [-0.25, -0.2) is 0 Å². The van der Waals surface area contributed by atoms with E-state index in [9.17, 15) is 0 Å². The van der Waals surface area contributed by atoms with Crippen LogP contribution in [0.5, 0.6) is 0 Å². The molecular formula is C28H33ClN2. The van der Waals surface area contributed by atoms with Crippen molar-refractivity contribution in [2.45, 2.75) is 32.7 Å². The Bertz CT molecular complexity index is 952. The molecule has 4 rings (SSSR count). The minimum absolute atomic E-state index is 0.573. The van der Waals surface area contributed by atoms with E-state index < -0.39 is 0 Å². The van der Waals surface area contributed by atoms with Crippen molar-refractivity contribution in [1.29, 1.82) is 0 Å². The summed E-state index contributed by atoms with van der Waals surface area (Å²) in [6.45, 7) is 8.66. The monoisotopic (exact) mass is 432 g/mol. The Labute approximate surface area is 192 Å². The molecule has 0 aliphatic carbocycles. The molecule has 0 radical (unpaired) electrons. The SMILES string of the molecule is CC(C)c1cccc(C[C@H]2CNC[C@@H]2CN(Cc2ccccc2)c2ccc(Cl)cc2)c1. The molecule has 1 aliphatic rings. The Morgan fingerprint density at radius 2 is 1.58 bits per heavy atom. The van der Waals surface area contributed by atoms with Crippen molar-refractivity contribution in [3.8, 4) is 0 Å². The van der Waals surface area contributed by atoms with Crippen LogP contribution in [0.3, 0.4) is 0 Å². The molecule has 3 aromatic carbocycles. The van der Waals surface area contributed by atoms with Crippen molar-refractivity contribution in [2.24, 2.45) is 11.8 Å². The summed E-state index contributed by atoms with van der Waals surface area (Å²) in [4.78, 5) is 2.51. The van der Waals surface area contributed by atoms with E-state index in [1.165, 1.54) is 22.4 Å². The minimum atomic E-state index is 0.573. The summed E-state index contributed by atoms with van der Waals surface area (Å²) in [5.41, 5.74) is 5.48. The van der Waals surface area contributed by atoms with Crippen molar-refractivity contribution in [2.75, 3.05) is 24.5 Å². The summed E-state index contributed by atoms with van der Waals surface area (Å²) >= 11 is 6.17. The second-order valence-corrected chi connectivity index (χ2v) is 9.56. The second kappa shape index (κ2) is 10.3. The van der Waals surface area contributed by atoms with Crippen LogP contribution in [0, 0.1) is 11.8 Å². The van der Waals surface area contributed by atoms with E-state index in [4.69, 9.17) is 11.6 Å². The standard InChI is InChI=1S/C28H33ClN2/c1-21(2)24-10-6-9-23(15-24)16-25-17-30-18-26(25)20-31(19-22-7-4-3-5-8-22)28-13-11-27(29)12-14-28/h3-15,21,25-26,30H,16-20H2,1-2H3/t25-,26+/m0/s1. The molecule has 1 saturated heterocycles. The minimum Gasteiger partial charge on any atom is -0.367 e. The summed E-state index contributed by atoms with van der Waals surface area (Å²) in [6.07, 6.45) is 1.14. The summed E-state index contributed by atoms with van der Waals surface area (Å²) in [7, 11) is 0. The number of anilines is 1. The van der Waals surface area contributed by atoms with Crippen LogP contribution in [0.15, 0.2) is 78.9 Å². The van der Waals surface area contributed by atoms with Gasteiger partial charge in [-0.15, -0.1) is 0 Å². The summed E-state index contributed by atoms with van der Waals surface area (Å²) in [5.74, 6) is 1.83. The van der Waals surface area contributed by atoms with Crippen LogP contribution in [0.25, 0.3) is 0 Å². The maximum absolute atomic E-state index is 6.17. The first-order valence-electron chi connectivity index (χ1n) is 11.4. The molecule has 1 N–H and O–H groups in total. The van der Waals surface area contributed by atoms with Gasteiger partial charge in [0, 0.05) is 23.8 Å². The van der Waals surface area contributed by atoms with Gasteiger partial charge in [0.1, 0.15) is 0 Å². The van der Waals surface area contributed by atoms with E-state index in [-0.39, 0.29) is 0 Å². The Hall–Kier alpha value is -2.29. The number of nitrogens with one attached hydrogen (secondary N) is 1. The van der Waals surface area contributed by atoms with Gasteiger partial charge in [-0.05, 0) is 78.2 Å².